The van der Waals surface area contributed by atoms with E-state index in [-0.39, 0.29) is 0 Å². The van der Waals surface area contributed by atoms with E-state index in [0.717, 1.165) is 21.4 Å². The van der Waals surface area contributed by atoms with Crippen LogP contribution in [0.25, 0.3) is 5.82 Å². The highest BCUT2D eigenvalue weighted by atomic mass is 79.9. The highest BCUT2D eigenvalue weighted by Crippen LogP contribution is 2.16. The molecule has 2 heterocycles. The third kappa shape index (κ3) is 1.93. The van der Waals surface area contributed by atoms with Gasteiger partial charge in [-0.05, 0) is 34.5 Å². The lowest BCUT2D eigenvalue weighted by atomic mass is 10.1. The van der Waals surface area contributed by atoms with Crippen molar-refractivity contribution in [3.05, 3.63) is 40.3 Å². The maximum absolute atomic E-state index is 5.70. The first-order chi connectivity index (χ1) is 7.22. The molecule has 0 aliphatic carbocycles. The van der Waals surface area contributed by atoms with Crippen LogP contribution in [-0.2, 0) is 6.54 Å². The molecule has 4 nitrogen and oxygen atoms in total. The van der Waals surface area contributed by atoms with Gasteiger partial charge in [0.05, 0.1) is 10.7 Å². The lowest BCUT2D eigenvalue weighted by Crippen LogP contribution is -2.08. The van der Waals surface area contributed by atoms with Crippen molar-refractivity contribution in [2.45, 2.75) is 13.5 Å². The topological polar surface area (TPSA) is 56.7 Å². The summed E-state index contributed by atoms with van der Waals surface area (Å²) in [6.07, 6.45) is 5.35. The van der Waals surface area contributed by atoms with Crippen LogP contribution < -0.4 is 5.73 Å². The van der Waals surface area contributed by atoms with E-state index in [4.69, 9.17) is 5.73 Å². The molecule has 0 aliphatic rings. The first-order valence-corrected chi connectivity index (χ1v) is 5.36. The highest BCUT2D eigenvalue weighted by molar-refractivity contribution is 9.10. The Morgan fingerprint density at radius 1 is 1.53 bits per heavy atom. The average molecular weight is 267 g/mol. The molecule has 0 fully saturated rings. The van der Waals surface area contributed by atoms with Crippen LogP contribution in [0.4, 0.5) is 0 Å². The van der Waals surface area contributed by atoms with Crippen molar-refractivity contribution in [3.63, 3.8) is 0 Å². The van der Waals surface area contributed by atoms with Crippen molar-refractivity contribution >= 4 is 15.9 Å². The van der Waals surface area contributed by atoms with E-state index in [2.05, 4.69) is 26.0 Å². The molecule has 0 radical (unpaired) electrons. The molecule has 0 aromatic carbocycles. The van der Waals surface area contributed by atoms with Crippen molar-refractivity contribution < 1.29 is 0 Å². The Bertz CT molecular complexity index is 478. The smallest absolute Gasteiger partial charge is 0.158 e. The van der Waals surface area contributed by atoms with Gasteiger partial charge in [0.15, 0.2) is 5.82 Å². The van der Waals surface area contributed by atoms with Crippen LogP contribution in [0.3, 0.4) is 0 Å². The van der Waals surface area contributed by atoms with E-state index in [1.165, 1.54) is 0 Å². The SMILES string of the molecule is Cc1ccnc(-n2cc(Br)cn2)c1CN. The molecular weight excluding hydrogens is 256 g/mol. The average Bonchev–Trinajstić information content (AvgIpc) is 2.64. The molecule has 0 aliphatic heterocycles. The minimum absolute atomic E-state index is 0.465. The lowest BCUT2D eigenvalue weighted by molar-refractivity contribution is 0.819. The molecule has 2 rings (SSSR count). The molecule has 0 bridgehead atoms. The summed E-state index contributed by atoms with van der Waals surface area (Å²) in [5, 5.41) is 4.19. The molecule has 0 saturated carbocycles. The maximum atomic E-state index is 5.70. The van der Waals surface area contributed by atoms with Gasteiger partial charge in [0.25, 0.3) is 0 Å². The van der Waals surface area contributed by atoms with Crippen LogP contribution in [0.2, 0.25) is 0 Å². The number of nitrogens with two attached hydrogens (primary N) is 1. The Kier molecular flexibility index (Phi) is 2.83. The Labute approximate surface area is 96.3 Å². The number of rotatable bonds is 2. The monoisotopic (exact) mass is 266 g/mol. The van der Waals surface area contributed by atoms with Gasteiger partial charge in [-0.1, -0.05) is 0 Å². The molecule has 0 amide bonds. The van der Waals surface area contributed by atoms with Gasteiger partial charge in [-0.2, -0.15) is 5.10 Å². The summed E-state index contributed by atoms with van der Waals surface area (Å²) in [4.78, 5) is 4.29. The third-order valence-electron chi connectivity index (χ3n) is 2.24. The zero-order chi connectivity index (χ0) is 10.8. The molecule has 78 valence electrons. The summed E-state index contributed by atoms with van der Waals surface area (Å²) < 4.78 is 2.65. The summed E-state index contributed by atoms with van der Waals surface area (Å²) in [6.45, 7) is 2.48. The quantitative estimate of drug-likeness (QED) is 0.902. The Morgan fingerprint density at radius 3 is 2.93 bits per heavy atom. The fraction of sp³-hybridized carbons (Fsp3) is 0.200. The zero-order valence-electron chi connectivity index (χ0n) is 8.31. The second kappa shape index (κ2) is 4.12. The first kappa shape index (κ1) is 10.3. The van der Waals surface area contributed by atoms with E-state index in [1.54, 1.807) is 17.1 Å². The van der Waals surface area contributed by atoms with Crippen LogP contribution in [0, 0.1) is 6.92 Å². The highest BCUT2D eigenvalue weighted by Gasteiger charge is 2.08. The van der Waals surface area contributed by atoms with E-state index in [9.17, 15) is 0 Å². The number of pyridine rings is 1. The molecule has 2 N–H and O–H groups in total. The number of nitrogens with zero attached hydrogens (tertiary/aromatic N) is 3. The van der Waals surface area contributed by atoms with Crippen molar-refractivity contribution in [1.82, 2.24) is 14.8 Å². The second-order valence-corrected chi connectivity index (χ2v) is 4.15. The van der Waals surface area contributed by atoms with Gasteiger partial charge in [0.1, 0.15) is 0 Å². The van der Waals surface area contributed by atoms with Crippen molar-refractivity contribution in [2.75, 3.05) is 0 Å². The Morgan fingerprint density at radius 2 is 2.33 bits per heavy atom. The number of aryl methyl sites for hydroxylation is 1. The molecule has 2 aromatic rings. The maximum Gasteiger partial charge on any atom is 0.158 e. The third-order valence-corrected chi connectivity index (χ3v) is 2.65. The van der Waals surface area contributed by atoms with E-state index in [0.29, 0.717) is 6.54 Å². The first-order valence-electron chi connectivity index (χ1n) is 4.57. The van der Waals surface area contributed by atoms with Crippen LogP contribution in [0.1, 0.15) is 11.1 Å². The summed E-state index contributed by atoms with van der Waals surface area (Å²) in [5.41, 5.74) is 7.86. The Balaban J connectivity index is 2.57. The van der Waals surface area contributed by atoms with E-state index < -0.39 is 0 Å². The normalized spacial score (nSPS) is 10.6. The predicted octanol–water partition coefficient (Wildman–Crippen LogP) is 1.80. The van der Waals surface area contributed by atoms with Gasteiger partial charge in [-0.25, -0.2) is 9.67 Å². The predicted molar refractivity (Wildman–Crippen MR) is 61.7 cm³/mol. The van der Waals surface area contributed by atoms with Crippen molar-refractivity contribution in [1.29, 1.82) is 0 Å². The van der Waals surface area contributed by atoms with Gasteiger partial charge < -0.3 is 5.73 Å². The largest absolute Gasteiger partial charge is 0.326 e. The van der Waals surface area contributed by atoms with Gasteiger partial charge >= 0.3 is 0 Å². The van der Waals surface area contributed by atoms with Gasteiger partial charge in [-0.3, -0.25) is 0 Å². The fourth-order valence-electron chi connectivity index (χ4n) is 1.44. The number of halogens is 1. The number of hydrogen-bond acceptors (Lipinski definition) is 3. The van der Waals surface area contributed by atoms with Gasteiger partial charge in [-0.15, -0.1) is 0 Å². The summed E-state index contributed by atoms with van der Waals surface area (Å²) in [5.74, 6) is 0.795. The Hall–Kier alpha value is -1.20. The van der Waals surface area contributed by atoms with Crippen LogP contribution in [0.15, 0.2) is 29.1 Å². The van der Waals surface area contributed by atoms with Crippen LogP contribution in [-0.4, -0.2) is 14.8 Å². The molecule has 0 atom stereocenters. The molecule has 5 heteroatoms. The van der Waals surface area contributed by atoms with Gasteiger partial charge in [0, 0.05) is 24.5 Å². The minimum atomic E-state index is 0.465. The molecular formula is C10H11BrN4. The summed E-state index contributed by atoms with van der Waals surface area (Å²) in [6, 6.07) is 1.95. The second-order valence-electron chi connectivity index (χ2n) is 3.24. The zero-order valence-corrected chi connectivity index (χ0v) is 9.90. The van der Waals surface area contributed by atoms with E-state index in [1.807, 2.05) is 19.2 Å². The molecule has 2 aromatic heterocycles. The van der Waals surface area contributed by atoms with Crippen LogP contribution >= 0.6 is 15.9 Å². The molecule has 15 heavy (non-hydrogen) atoms. The standard InChI is InChI=1S/C10H11BrN4/c1-7-2-3-13-10(9(7)4-12)15-6-8(11)5-14-15/h2-3,5-6H,4,12H2,1H3. The summed E-state index contributed by atoms with van der Waals surface area (Å²) in [7, 11) is 0. The van der Waals surface area contributed by atoms with Crippen LogP contribution in [0.5, 0.6) is 0 Å². The van der Waals surface area contributed by atoms with E-state index >= 15 is 0 Å². The summed E-state index contributed by atoms with van der Waals surface area (Å²) >= 11 is 3.35. The van der Waals surface area contributed by atoms with Gasteiger partial charge in [0.2, 0.25) is 0 Å². The molecule has 0 saturated heterocycles. The van der Waals surface area contributed by atoms with Crippen molar-refractivity contribution in [3.8, 4) is 5.82 Å². The fourth-order valence-corrected chi connectivity index (χ4v) is 1.73. The van der Waals surface area contributed by atoms with Crippen molar-refractivity contribution in [2.24, 2.45) is 5.73 Å². The lowest BCUT2D eigenvalue weighted by Gasteiger charge is -2.08. The molecule has 0 spiro atoms. The molecule has 0 unspecified atom stereocenters. The minimum Gasteiger partial charge on any atom is -0.326 e. The number of hydrogen-bond donors (Lipinski definition) is 1. The number of aromatic nitrogens is 3.